The molecule has 2 atom stereocenters. The zero-order chi connectivity index (χ0) is 22.8. The molecule has 0 spiro atoms. The van der Waals surface area contributed by atoms with Crippen LogP contribution in [0.5, 0.6) is 0 Å². The van der Waals surface area contributed by atoms with Crippen molar-refractivity contribution in [3.05, 3.63) is 34.9 Å². The highest BCUT2D eigenvalue weighted by Gasteiger charge is 2.39. The maximum absolute atomic E-state index is 13.0. The second-order valence-electron chi connectivity index (χ2n) is 7.96. The molecule has 3 saturated heterocycles. The summed E-state index contributed by atoms with van der Waals surface area (Å²) in [6, 6.07) is 7.54. The molecule has 1 N–H and O–H groups in total. The van der Waals surface area contributed by atoms with Gasteiger partial charge in [0.1, 0.15) is 5.37 Å². The van der Waals surface area contributed by atoms with E-state index in [1.807, 2.05) is 31.2 Å². The molecule has 3 aliphatic heterocycles. The minimum atomic E-state index is -0.222. The monoisotopic (exact) mass is 491 g/mol. The molecule has 12 heteroatoms. The number of hydrazine groups is 1. The van der Waals surface area contributed by atoms with Crippen LogP contribution in [0.25, 0.3) is 0 Å². The summed E-state index contributed by atoms with van der Waals surface area (Å²) in [7, 11) is 0. The molecule has 3 fully saturated rings. The molecule has 1 aromatic heterocycles. The summed E-state index contributed by atoms with van der Waals surface area (Å²) in [5, 5.41) is 1.85. The molecule has 10 nitrogen and oxygen atoms in total. The van der Waals surface area contributed by atoms with Crippen molar-refractivity contribution in [1.29, 1.82) is 0 Å². The molecule has 1 aromatic carbocycles. The highest BCUT2D eigenvalue weighted by Crippen LogP contribution is 2.42. The van der Waals surface area contributed by atoms with Crippen molar-refractivity contribution < 1.29 is 14.3 Å². The lowest BCUT2D eigenvalue weighted by Crippen LogP contribution is -2.41. The van der Waals surface area contributed by atoms with Crippen LogP contribution in [0.4, 0.5) is 17.8 Å². The van der Waals surface area contributed by atoms with Gasteiger partial charge in [-0.15, -0.1) is 11.8 Å². The van der Waals surface area contributed by atoms with Crippen molar-refractivity contribution in [1.82, 2.24) is 20.0 Å². The lowest BCUT2D eigenvalue weighted by atomic mass is 10.2. The lowest BCUT2D eigenvalue weighted by molar-refractivity contribution is -0.128. The Bertz CT molecular complexity index is 950. The van der Waals surface area contributed by atoms with Crippen LogP contribution in [0.3, 0.4) is 0 Å². The average Bonchev–Trinajstić information content (AvgIpc) is 3.14. The summed E-state index contributed by atoms with van der Waals surface area (Å²) < 4.78 is 11.0. The van der Waals surface area contributed by atoms with Crippen LogP contribution in [0.15, 0.2) is 24.3 Å². The molecule has 5 rings (SSSR count). The predicted octanol–water partition coefficient (Wildman–Crippen LogP) is 2.19. The van der Waals surface area contributed by atoms with Gasteiger partial charge in [0.2, 0.25) is 17.8 Å². The number of halogens is 1. The van der Waals surface area contributed by atoms with E-state index >= 15 is 0 Å². The zero-order valence-corrected chi connectivity index (χ0v) is 19.9. The van der Waals surface area contributed by atoms with Gasteiger partial charge in [-0.2, -0.15) is 15.0 Å². The van der Waals surface area contributed by atoms with Gasteiger partial charge in [0.15, 0.2) is 0 Å². The standard InChI is InChI=1S/C21H26ClN7O3S/c1-14-17(30)29(18(33-14)15-2-4-16(22)5-3-15)26-19-23-20(27-6-10-31-11-7-27)25-21(24-19)28-8-12-32-13-9-28/h2-5,14,18H,6-13H2,1H3,(H,23,24,25,26). The summed E-state index contributed by atoms with van der Waals surface area (Å²) >= 11 is 7.64. The van der Waals surface area contributed by atoms with Crippen LogP contribution < -0.4 is 15.2 Å². The van der Waals surface area contributed by atoms with E-state index in [9.17, 15) is 4.79 Å². The van der Waals surface area contributed by atoms with Gasteiger partial charge in [0.25, 0.3) is 5.91 Å². The molecule has 0 aliphatic carbocycles. The van der Waals surface area contributed by atoms with E-state index in [2.05, 4.69) is 25.2 Å². The van der Waals surface area contributed by atoms with Gasteiger partial charge in [-0.1, -0.05) is 23.7 Å². The van der Waals surface area contributed by atoms with Crippen LogP contribution in [0.2, 0.25) is 5.02 Å². The molecule has 4 heterocycles. The minimum Gasteiger partial charge on any atom is -0.378 e. The third-order valence-electron chi connectivity index (χ3n) is 5.73. The second-order valence-corrected chi connectivity index (χ2v) is 9.82. The van der Waals surface area contributed by atoms with Crippen LogP contribution in [0, 0.1) is 0 Å². The fourth-order valence-electron chi connectivity index (χ4n) is 3.91. The molecule has 0 radical (unpaired) electrons. The average molecular weight is 492 g/mol. The van der Waals surface area contributed by atoms with Crippen molar-refractivity contribution in [2.24, 2.45) is 0 Å². The predicted molar refractivity (Wildman–Crippen MR) is 128 cm³/mol. The summed E-state index contributed by atoms with van der Waals surface area (Å²) in [6.07, 6.45) is 0. The topological polar surface area (TPSA) is 95.9 Å². The van der Waals surface area contributed by atoms with Crippen LogP contribution in [-0.2, 0) is 14.3 Å². The third-order valence-corrected chi connectivity index (χ3v) is 7.33. The van der Waals surface area contributed by atoms with Gasteiger partial charge in [-0.25, -0.2) is 5.01 Å². The number of rotatable bonds is 5. The molecule has 1 amide bonds. The van der Waals surface area contributed by atoms with E-state index in [0.717, 1.165) is 5.56 Å². The number of anilines is 3. The van der Waals surface area contributed by atoms with Crippen LogP contribution in [-0.4, -0.2) is 83.7 Å². The number of hydrogen-bond donors (Lipinski definition) is 1. The molecule has 2 aromatic rings. The van der Waals surface area contributed by atoms with Gasteiger partial charge in [-0.05, 0) is 24.6 Å². The van der Waals surface area contributed by atoms with E-state index in [-0.39, 0.29) is 16.5 Å². The molecule has 2 unspecified atom stereocenters. The van der Waals surface area contributed by atoms with E-state index in [1.165, 1.54) is 0 Å². The van der Waals surface area contributed by atoms with Crippen molar-refractivity contribution in [2.75, 3.05) is 67.8 Å². The maximum atomic E-state index is 13.0. The van der Waals surface area contributed by atoms with Gasteiger partial charge in [0, 0.05) is 31.2 Å². The Balaban J connectivity index is 1.46. The number of amides is 1. The fourth-order valence-corrected chi connectivity index (χ4v) is 5.25. The Hall–Kier alpha value is -2.34. The molecular weight excluding hydrogens is 466 g/mol. The largest absolute Gasteiger partial charge is 0.378 e. The third kappa shape index (κ3) is 4.96. The number of aromatic nitrogens is 3. The maximum Gasteiger partial charge on any atom is 0.255 e. The highest BCUT2D eigenvalue weighted by atomic mass is 35.5. The number of carbonyl (C=O) groups excluding carboxylic acids is 1. The van der Waals surface area contributed by atoms with Gasteiger partial charge >= 0.3 is 0 Å². The van der Waals surface area contributed by atoms with Crippen molar-refractivity contribution >= 4 is 47.1 Å². The Kier molecular flexibility index (Phi) is 6.72. The Morgan fingerprint density at radius 1 is 0.939 bits per heavy atom. The van der Waals surface area contributed by atoms with E-state index in [1.54, 1.807) is 16.8 Å². The Labute approximate surface area is 201 Å². The van der Waals surface area contributed by atoms with E-state index in [0.29, 0.717) is 75.5 Å². The summed E-state index contributed by atoms with van der Waals surface area (Å²) in [5.41, 5.74) is 4.17. The first-order valence-electron chi connectivity index (χ1n) is 11.0. The Morgan fingerprint density at radius 2 is 1.48 bits per heavy atom. The number of morpholine rings is 2. The molecule has 33 heavy (non-hydrogen) atoms. The second kappa shape index (κ2) is 9.88. The number of nitrogens with zero attached hydrogens (tertiary/aromatic N) is 6. The Morgan fingerprint density at radius 3 is 2.03 bits per heavy atom. The van der Waals surface area contributed by atoms with Crippen LogP contribution >= 0.6 is 23.4 Å². The summed E-state index contributed by atoms with van der Waals surface area (Å²) in [6.45, 7) is 7.21. The first-order valence-corrected chi connectivity index (χ1v) is 12.3. The molecule has 3 aliphatic rings. The smallest absolute Gasteiger partial charge is 0.255 e. The number of nitrogens with one attached hydrogen (secondary N) is 1. The van der Waals surface area contributed by atoms with Crippen molar-refractivity contribution in [3.63, 3.8) is 0 Å². The first kappa shape index (κ1) is 22.5. The van der Waals surface area contributed by atoms with Gasteiger partial charge in [0.05, 0.1) is 31.7 Å². The van der Waals surface area contributed by atoms with Crippen molar-refractivity contribution in [3.8, 4) is 0 Å². The normalized spacial score (nSPS) is 23.8. The van der Waals surface area contributed by atoms with Crippen molar-refractivity contribution in [2.45, 2.75) is 17.5 Å². The summed E-state index contributed by atoms with van der Waals surface area (Å²) in [4.78, 5) is 31.3. The first-order chi connectivity index (χ1) is 16.1. The zero-order valence-electron chi connectivity index (χ0n) is 18.3. The fraction of sp³-hybridized carbons (Fsp3) is 0.524. The van der Waals surface area contributed by atoms with Gasteiger partial charge < -0.3 is 19.3 Å². The lowest BCUT2D eigenvalue weighted by Gasteiger charge is -2.31. The number of ether oxygens (including phenoxy) is 2. The molecule has 0 bridgehead atoms. The minimum absolute atomic E-state index is 0.0267. The van der Waals surface area contributed by atoms with Gasteiger partial charge in [-0.3, -0.25) is 10.2 Å². The number of carbonyl (C=O) groups is 1. The summed E-state index contributed by atoms with van der Waals surface area (Å²) in [5.74, 6) is 1.47. The quantitative estimate of drug-likeness (QED) is 0.670. The highest BCUT2D eigenvalue weighted by molar-refractivity contribution is 8.01. The number of benzene rings is 1. The van der Waals surface area contributed by atoms with E-state index < -0.39 is 0 Å². The SMILES string of the molecule is CC1SC(c2ccc(Cl)cc2)N(Nc2nc(N3CCOCC3)nc(N3CCOCC3)n2)C1=O. The number of hydrogen-bond acceptors (Lipinski definition) is 10. The number of thioether (sulfide) groups is 1. The van der Waals surface area contributed by atoms with Crippen LogP contribution in [0.1, 0.15) is 17.9 Å². The molecular formula is C21H26ClN7O3S. The molecule has 0 saturated carbocycles. The molecule has 176 valence electrons. The van der Waals surface area contributed by atoms with E-state index in [4.69, 9.17) is 26.1 Å².